The van der Waals surface area contributed by atoms with E-state index in [1.165, 1.54) is 21.7 Å². The van der Waals surface area contributed by atoms with Crippen molar-refractivity contribution in [2.75, 3.05) is 6.54 Å². The second-order valence-electron chi connectivity index (χ2n) is 5.21. The molecule has 1 heterocycles. The van der Waals surface area contributed by atoms with E-state index < -0.39 is 0 Å². The van der Waals surface area contributed by atoms with Gasteiger partial charge in [0, 0.05) is 11.9 Å². The molecule has 0 aliphatic carbocycles. The molecule has 3 nitrogen and oxygen atoms in total. The molecule has 0 radical (unpaired) electrons. The summed E-state index contributed by atoms with van der Waals surface area (Å²) >= 11 is 1.71. The number of nitrogens with one attached hydrogen (secondary N) is 1. The number of rotatable bonds is 7. The lowest BCUT2D eigenvalue weighted by Crippen LogP contribution is -2.12. The Hall–Kier alpha value is -1.39. The number of aryl methyl sites for hydroxylation is 3. The zero-order chi connectivity index (χ0) is 15.2. The van der Waals surface area contributed by atoms with Crippen molar-refractivity contribution in [2.45, 2.75) is 47.3 Å². The first-order valence-corrected chi connectivity index (χ1v) is 8.38. The minimum atomic E-state index is 0.546. The van der Waals surface area contributed by atoms with Crippen molar-refractivity contribution >= 4 is 11.3 Å². The van der Waals surface area contributed by atoms with Crippen LogP contribution in [0.5, 0.6) is 5.75 Å². The summed E-state index contributed by atoms with van der Waals surface area (Å²) < 4.78 is 5.99. The zero-order valence-corrected chi connectivity index (χ0v) is 14.1. The minimum absolute atomic E-state index is 0.546. The molecule has 1 N–H and O–H groups in total. The Kier molecular flexibility index (Phi) is 5.76. The maximum absolute atomic E-state index is 5.99. The van der Waals surface area contributed by atoms with E-state index in [0.717, 1.165) is 31.0 Å². The molecule has 0 saturated carbocycles. The molecule has 1 aromatic carbocycles. The van der Waals surface area contributed by atoms with Crippen molar-refractivity contribution in [3.63, 3.8) is 0 Å². The number of hydrogen-bond donors (Lipinski definition) is 1. The molecule has 0 fully saturated rings. The number of aromatic nitrogens is 1. The van der Waals surface area contributed by atoms with Crippen LogP contribution < -0.4 is 10.1 Å². The number of thiazole rings is 1. The van der Waals surface area contributed by atoms with Gasteiger partial charge in [-0.1, -0.05) is 26.0 Å². The topological polar surface area (TPSA) is 34.1 Å². The Morgan fingerprint density at radius 1 is 1.19 bits per heavy atom. The molecule has 0 saturated heterocycles. The van der Waals surface area contributed by atoms with Crippen molar-refractivity contribution in [3.05, 3.63) is 44.9 Å². The third-order valence-corrected chi connectivity index (χ3v) is 4.41. The van der Waals surface area contributed by atoms with Crippen LogP contribution in [0, 0.1) is 13.8 Å². The van der Waals surface area contributed by atoms with Gasteiger partial charge in [-0.15, -0.1) is 11.3 Å². The van der Waals surface area contributed by atoms with Gasteiger partial charge in [0.2, 0.25) is 0 Å². The lowest BCUT2D eigenvalue weighted by Gasteiger charge is -2.13. The van der Waals surface area contributed by atoms with Gasteiger partial charge in [0.15, 0.2) is 0 Å². The number of ether oxygens (including phenoxy) is 1. The van der Waals surface area contributed by atoms with Crippen LogP contribution in [-0.2, 0) is 19.6 Å². The van der Waals surface area contributed by atoms with Crippen LogP contribution in [0.15, 0.2) is 17.5 Å². The third kappa shape index (κ3) is 4.29. The maximum atomic E-state index is 5.99. The van der Waals surface area contributed by atoms with Gasteiger partial charge in [0.05, 0.1) is 10.7 Å². The smallest absolute Gasteiger partial charge is 0.131 e. The van der Waals surface area contributed by atoms with Crippen LogP contribution >= 0.6 is 11.3 Å². The Morgan fingerprint density at radius 2 is 1.90 bits per heavy atom. The van der Waals surface area contributed by atoms with Gasteiger partial charge < -0.3 is 10.1 Å². The van der Waals surface area contributed by atoms with Gasteiger partial charge in [-0.25, -0.2) is 4.98 Å². The van der Waals surface area contributed by atoms with Gasteiger partial charge >= 0.3 is 0 Å². The highest BCUT2D eigenvalue weighted by Gasteiger charge is 2.08. The summed E-state index contributed by atoms with van der Waals surface area (Å²) in [7, 11) is 0. The molecule has 0 atom stereocenters. The van der Waals surface area contributed by atoms with Crippen molar-refractivity contribution in [1.29, 1.82) is 0 Å². The zero-order valence-electron chi connectivity index (χ0n) is 13.3. The Morgan fingerprint density at radius 3 is 2.48 bits per heavy atom. The average molecular weight is 304 g/mol. The molecule has 0 amide bonds. The fourth-order valence-electron chi connectivity index (χ4n) is 2.36. The van der Waals surface area contributed by atoms with Crippen molar-refractivity contribution in [2.24, 2.45) is 0 Å². The van der Waals surface area contributed by atoms with Crippen molar-refractivity contribution in [3.8, 4) is 5.75 Å². The van der Waals surface area contributed by atoms with Crippen molar-refractivity contribution < 1.29 is 4.74 Å². The van der Waals surface area contributed by atoms with Crippen LogP contribution in [0.4, 0.5) is 0 Å². The van der Waals surface area contributed by atoms with Gasteiger partial charge in [0.1, 0.15) is 12.4 Å². The molecule has 0 aliphatic heterocycles. The molecular weight excluding hydrogens is 280 g/mol. The van der Waals surface area contributed by atoms with Gasteiger partial charge in [0.25, 0.3) is 0 Å². The van der Waals surface area contributed by atoms with Gasteiger partial charge in [-0.05, 0) is 43.5 Å². The van der Waals surface area contributed by atoms with E-state index in [1.54, 1.807) is 11.3 Å². The van der Waals surface area contributed by atoms with Crippen LogP contribution in [0.1, 0.15) is 41.2 Å². The molecule has 0 aliphatic rings. The molecule has 2 aromatic rings. The van der Waals surface area contributed by atoms with E-state index in [2.05, 4.69) is 55.5 Å². The fourth-order valence-corrected chi connectivity index (χ4v) is 3.09. The van der Waals surface area contributed by atoms with E-state index in [-0.39, 0.29) is 0 Å². The summed E-state index contributed by atoms with van der Waals surface area (Å²) in [5, 5.41) is 6.61. The lowest BCUT2D eigenvalue weighted by molar-refractivity contribution is 0.297. The maximum Gasteiger partial charge on any atom is 0.131 e. The first kappa shape index (κ1) is 16.0. The molecule has 0 unspecified atom stereocenters. The van der Waals surface area contributed by atoms with Crippen molar-refractivity contribution in [1.82, 2.24) is 10.3 Å². The molecule has 114 valence electrons. The quantitative estimate of drug-likeness (QED) is 0.839. The number of hydrogen-bond acceptors (Lipinski definition) is 4. The van der Waals surface area contributed by atoms with Gasteiger partial charge in [-0.2, -0.15) is 0 Å². The second kappa shape index (κ2) is 7.57. The highest BCUT2D eigenvalue weighted by atomic mass is 32.1. The molecule has 21 heavy (non-hydrogen) atoms. The van der Waals surface area contributed by atoms with Crippen LogP contribution in [0.2, 0.25) is 0 Å². The molecule has 4 heteroatoms. The van der Waals surface area contributed by atoms with E-state index >= 15 is 0 Å². The van der Waals surface area contributed by atoms with Crippen LogP contribution in [0.3, 0.4) is 0 Å². The minimum Gasteiger partial charge on any atom is -0.487 e. The Labute approximate surface area is 131 Å². The monoisotopic (exact) mass is 304 g/mol. The third-order valence-electron chi connectivity index (χ3n) is 3.37. The summed E-state index contributed by atoms with van der Waals surface area (Å²) in [6.45, 7) is 10.9. The number of nitrogens with zero attached hydrogens (tertiary/aromatic N) is 1. The summed E-state index contributed by atoms with van der Waals surface area (Å²) in [5.74, 6) is 0.987. The number of benzene rings is 1. The summed E-state index contributed by atoms with van der Waals surface area (Å²) in [6, 6.07) is 4.40. The lowest BCUT2D eigenvalue weighted by atomic mass is 10.1. The van der Waals surface area contributed by atoms with E-state index in [4.69, 9.17) is 4.74 Å². The molecule has 1 aromatic heterocycles. The largest absolute Gasteiger partial charge is 0.487 e. The highest BCUT2D eigenvalue weighted by molar-refractivity contribution is 7.09. The van der Waals surface area contributed by atoms with Crippen LogP contribution in [0.25, 0.3) is 0 Å². The highest BCUT2D eigenvalue weighted by Crippen LogP contribution is 2.26. The molecule has 0 bridgehead atoms. The summed E-state index contributed by atoms with van der Waals surface area (Å²) in [6.07, 6.45) is 0.988. The fraction of sp³-hybridized carbons (Fsp3) is 0.471. The van der Waals surface area contributed by atoms with E-state index in [1.807, 2.05) is 0 Å². The standard InChI is InChI=1S/C17H24N2OS/c1-5-16-19-15(11-21-16)10-20-17-12(3)7-14(8-13(17)4)9-18-6-2/h7-8,11,18H,5-6,9-10H2,1-4H3. The van der Waals surface area contributed by atoms with E-state index in [0.29, 0.717) is 6.61 Å². The Bertz CT molecular complexity index is 569. The van der Waals surface area contributed by atoms with Crippen LogP contribution in [-0.4, -0.2) is 11.5 Å². The molecule has 2 rings (SSSR count). The van der Waals surface area contributed by atoms with E-state index in [9.17, 15) is 0 Å². The second-order valence-corrected chi connectivity index (χ2v) is 6.16. The van der Waals surface area contributed by atoms with Gasteiger partial charge in [-0.3, -0.25) is 0 Å². The summed E-state index contributed by atoms with van der Waals surface area (Å²) in [5.41, 5.74) is 4.70. The molecule has 0 spiro atoms. The average Bonchev–Trinajstić information content (AvgIpc) is 2.92. The summed E-state index contributed by atoms with van der Waals surface area (Å²) in [4.78, 5) is 4.54. The first-order chi connectivity index (χ1) is 10.1. The predicted molar refractivity (Wildman–Crippen MR) is 89.1 cm³/mol. The first-order valence-electron chi connectivity index (χ1n) is 7.51. The Balaban J connectivity index is 2.05. The molecular formula is C17H24N2OS. The predicted octanol–water partition coefficient (Wildman–Crippen LogP) is 4.01. The SMILES string of the molecule is CCNCc1cc(C)c(OCc2csc(CC)n2)c(C)c1. The normalized spacial score (nSPS) is 10.9.